The van der Waals surface area contributed by atoms with Gasteiger partial charge in [0, 0.05) is 41.9 Å². The summed E-state index contributed by atoms with van der Waals surface area (Å²) in [6, 6.07) is 9.74. The zero-order valence-corrected chi connectivity index (χ0v) is 24.0. The molecule has 0 radical (unpaired) electrons. The average Bonchev–Trinajstić information content (AvgIpc) is 3.79. The van der Waals surface area contributed by atoms with E-state index in [2.05, 4.69) is 30.9 Å². The van der Waals surface area contributed by atoms with Crippen molar-refractivity contribution >= 4 is 34.0 Å². The third kappa shape index (κ3) is 5.38. The molecule has 4 aromatic heterocycles. The molecule has 1 atom stereocenters. The Kier molecular flexibility index (Phi) is 7.36. The Balaban J connectivity index is 1.24. The highest BCUT2D eigenvalue weighted by molar-refractivity contribution is 7.10. The van der Waals surface area contributed by atoms with E-state index < -0.39 is 0 Å². The number of benzene rings is 1. The molecular weight excluding hydrogens is 554 g/mol. The molecule has 2 fully saturated rings. The summed E-state index contributed by atoms with van der Waals surface area (Å²) >= 11 is 1.51. The first-order valence-corrected chi connectivity index (χ1v) is 15.0. The number of anilines is 2. The quantitative estimate of drug-likeness (QED) is 0.278. The highest BCUT2D eigenvalue weighted by atomic mass is 32.1. The summed E-state index contributed by atoms with van der Waals surface area (Å²) < 4.78 is 15.2. The van der Waals surface area contributed by atoms with Gasteiger partial charge in [-0.25, -0.2) is 14.6 Å². The molecule has 2 aliphatic heterocycles. The van der Waals surface area contributed by atoms with E-state index in [1.165, 1.54) is 11.3 Å². The molecule has 0 bridgehead atoms. The predicted octanol–water partition coefficient (Wildman–Crippen LogP) is 3.70. The number of hydrogen-bond acceptors (Lipinski definition) is 11. The smallest absolute Gasteiger partial charge is 0.262 e. The molecule has 5 aromatic rings. The van der Waals surface area contributed by atoms with Gasteiger partial charge in [-0.05, 0) is 63.1 Å². The van der Waals surface area contributed by atoms with Crippen LogP contribution in [0.1, 0.15) is 35.9 Å². The molecule has 216 valence electrons. The van der Waals surface area contributed by atoms with E-state index >= 15 is 0 Å². The Hall–Kier alpha value is -4.20. The summed E-state index contributed by atoms with van der Waals surface area (Å²) in [6.07, 6.45) is 6.36. The van der Waals surface area contributed by atoms with Crippen LogP contribution >= 0.6 is 11.3 Å². The number of fused-ring (bicyclic) bond motifs is 1. The van der Waals surface area contributed by atoms with Crippen molar-refractivity contribution in [2.24, 2.45) is 0 Å². The number of aryl methyl sites for hydroxylation is 1. The van der Waals surface area contributed by atoms with Crippen molar-refractivity contribution in [3.05, 3.63) is 69.2 Å². The van der Waals surface area contributed by atoms with Gasteiger partial charge in [0.2, 0.25) is 5.95 Å². The van der Waals surface area contributed by atoms with Gasteiger partial charge in [-0.3, -0.25) is 9.36 Å². The van der Waals surface area contributed by atoms with E-state index in [0.717, 1.165) is 59.7 Å². The van der Waals surface area contributed by atoms with Crippen LogP contribution in [0.2, 0.25) is 0 Å². The fraction of sp³-hybridized carbons (Fsp3) is 0.379. The number of nitrogens with one attached hydrogen (secondary N) is 2. The van der Waals surface area contributed by atoms with E-state index in [1.807, 2.05) is 41.9 Å². The third-order valence-electron chi connectivity index (χ3n) is 7.76. The summed E-state index contributed by atoms with van der Waals surface area (Å²) in [5.74, 6) is 1.21. The summed E-state index contributed by atoms with van der Waals surface area (Å²) in [6.45, 7) is 5.43. The largest absolute Gasteiger partial charge is 0.489 e. The number of ether oxygens (including phenoxy) is 2. The topological polar surface area (TPSA) is 134 Å². The second-order valence-electron chi connectivity index (χ2n) is 10.6. The fourth-order valence-electron chi connectivity index (χ4n) is 5.54. The summed E-state index contributed by atoms with van der Waals surface area (Å²) in [5, 5.41) is 15.9. The van der Waals surface area contributed by atoms with Crippen LogP contribution in [0.5, 0.6) is 5.75 Å². The maximum absolute atomic E-state index is 14.1. The number of aromatic nitrogens is 7. The minimum Gasteiger partial charge on any atom is -0.489 e. The first kappa shape index (κ1) is 26.7. The minimum atomic E-state index is -0.177. The molecule has 12 nitrogen and oxygen atoms in total. The van der Waals surface area contributed by atoms with Gasteiger partial charge in [0.1, 0.15) is 17.5 Å². The highest BCUT2D eigenvalue weighted by Gasteiger charge is 2.22. The highest BCUT2D eigenvalue weighted by Crippen LogP contribution is 2.27. The lowest BCUT2D eigenvalue weighted by Gasteiger charge is -2.23. The molecule has 0 spiro atoms. The minimum absolute atomic E-state index is 0.172. The number of nitrogens with zero attached hydrogens (tertiary/aromatic N) is 7. The van der Waals surface area contributed by atoms with E-state index in [0.29, 0.717) is 36.1 Å². The van der Waals surface area contributed by atoms with Gasteiger partial charge in [0.25, 0.3) is 5.56 Å². The van der Waals surface area contributed by atoms with Crippen LogP contribution in [0.3, 0.4) is 0 Å². The maximum atomic E-state index is 14.1. The molecule has 7 rings (SSSR count). The van der Waals surface area contributed by atoms with Gasteiger partial charge in [-0.1, -0.05) is 5.21 Å². The second-order valence-corrected chi connectivity index (χ2v) is 11.6. The Morgan fingerprint density at radius 2 is 2.00 bits per heavy atom. The Morgan fingerprint density at radius 1 is 1.14 bits per heavy atom. The van der Waals surface area contributed by atoms with Gasteiger partial charge in [-0.2, -0.15) is 4.98 Å². The number of rotatable bonds is 8. The van der Waals surface area contributed by atoms with Crippen LogP contribution in [0, 0.1) is 6.92 Å². The lowest BCUT2D eigenvalue weighted by molar-refractivity contribution is 0.0648. The molecule has 1 aromatic carbocycles. The molecule has 6 heterocycles. The van der Waals surface area contributed by atoms with Crippen molar-refractivity contribution in [2.45, 2.75) is 44.9 Å². The first-order chi connectivity index (χ1) is 20.6. The van der Waals surface area contributed by atoms with Gasteiger partial charge in [0.15, 0.2) is 0 Å². The average molecular weight is 586 g/mol. The normalized spacial score (nSPS) is 17.6. The van der Waals surface area contributed by atoms with Crippen molar-refractivity contribution in [1.29, 1.82) is 0 Å². The zero-order chi connectivity index (χ0) is 28.5. The zero-order valence-electron chi connectivity index (χ0n) is 23.2. The molecule has 42 heavy (non-hydrogen) atoms. The molecule has 0 saturated carbocycles. The van der Waals surface area contributed by atoms with Crippen molar-refractivity contribution in [2.75, 3.05) is 31.6 Å². The Labute approximate surface area is 245 Å². The van der Waals surface area contributed by atoms with E-state index in [-0.39, 0.29) is 24.2 Å². The van der Waals surface area contributed by atoms with Crippen LogP contribution < -0.4 is 20.9 Å². The summed E-state index contributed by atoms with van der Waals surface area (Å²) in [4.78, 5) is 28.9. The summed E-state index contributed by atoms with van der Waals surface area (Å²) in [7, 11) is 0. The van der Waals surface area contributed by atoms with Crippen LogP contribution in [-0.2, 0) is 11.3 Å². The van der Waals surface area contributed by atoms with Crippen LogP contribution in [0.25, 0.3) is 22.3 Å². The number of pyridine rings is 1. The van der Waals surface area contributed by atoms with Crippen molar-refractivity contribution < 1.29 is 9.47 Å². The molecule has 0 aliphatic carbocycles. The van der Waals surface area contributed by atoms with E-state index in [4.69, 9.17) is 14.5 Å². The Bertz CT molecular complexity index is 1750. The summed E-state index contributed by atoms with van der Waals surface area (Å²) in [5.41, 5.74) is 4.94. The maximum Gasteiger partial charge on any atom is 0.262 e. The fourth-order valence-corrected chi connectivity index (χ4v) is 6.13. The lowest BCUT2D eigenvalue weighted by atomic mass is 10.1. The SMILES string of the molecule is Cc1scnc1-c1cc2cnc(Nc3ccc(OC4CCNC4)cc3)nc2n(Cc2cnnn2C2CCOCC2)c1=O. The predicted molar refractivity (Wildman–Crippen MR) is 159 cm³/mol. The second kappa shape index (κ2) is 11.6. The van der Waals surface area contributed by atoms with Crippen LogP contribution in [0.4, 0.5) is 11.6 Å². The molecule has 13 heteroatoms. The molecule has 2 N–H and O–H groups in total. The number of hydrogen-bond donors (Lipinski definition) is 2. The molecule has 0 amide bonds. The monoisotopic (exact) mass is 585 g/mol. The van der Waals surface area contributed by atoms with Crippen molar-refractivity contribution in [3.63, 3.8) is 0 Å². The van der Waals surface area contributed by atoms with Gasteiger partial charge < -0.3 is 20.1 Å². The Morgan fingerprint density at radius 3 is 2.76 bits per heavy atom. The van der Waals surface area contributed by atoms with Gasteiger partial charge >= 0.3 is 0 Å². The van der Waals surface area contributed by atoms with Crippen molar-refractivity contribution in [1.82, 2.24) is 39.8 Å². The van der Waals surface area contributed by atoms with Crippen LogP contribution in [0.15, 0.2) is 53.0 Å². The number of thiazole rings is 1. The van der Waals surface area contributed by atoms with Gasteiger partial charge in [0.05, 0.1) is 41.2 Å². The third-order valence-corrected chi connectivity index (χ3v) is 8.52. The standard InChI is InChI=1S/C29H31N9O3S/c1-18-26(32-17-42-18)25-12-19-13-31-29(34-20-2-4-23(5-3-20)41-24-6-9-30-15-24)35-27(19)37(28(25)39)16-22-14-33-36-38(22)21-7-10-40-11-8-21/h2-5,12-14,17,21,24,30H,6-11,15-16H2,1H3,(H,31,34,35). The molecule has 2 saturated heterocycles. The first-order valence-electron chi connectivity index (χ1n) is 14.1. The van der Waals surface area contributed by atoms with Crippen LogP contribution in [-0.4, -0.2) is 66.9 Å². The van der Waals surface area contributed by atoms with Gasteiger partial charge in [-0.15, -0.1) is 16.4 Å². The lowest BCUT2D eigenvalue weighted by Crippen LogP contribution is -2.27. The molecular formula is C29H31N9O3S. The van der Waals surface area contributed by atoms with Crippen molar-refractivity contribution in [3.8, 4) is 17.0 Å². The van der Waals surface area contributed by atoms with E-state index in [9.17, 15) is 4.79 Å². The molecule has 2 aliphatic rings. The van der Waals surface area contributed by atoms with E-state index in [1.54, 1.807) is 22.5 Å². The molecule has 1 unspecified atom stereocenters.